The first-order valence-corrected chi connectivity index (χ1v) is 7.21. The van der Waals surface area contributed by atoms with E-state index in [9.17, 15) is 9.50 Å². The molecule has 2 heterocycles. The molecule has 6 heteroatoms. The zero-order chi connectivity index (χ0) is 16.1. The molecule has 1 aromatic carbocycles. The van der Waals surface area contributed by atoms with Gasteiger partial charge in [-0.3, -0.25) is 0 Å². The van der Waals surface area contributed by atoms with Gasteiger partial charge in [-0.05, 0) is 35.9 Å². The van der Waals surface area contributed by atoms with E-state index in [1.807, 2.05) is 0 Å². The van der Waals surface area contributed by atoms with Crippen molar-refractivity contribution in [2.75, 3.05) is 6.54 Å². The Morgan fingerprint density at radius 1 is 1.09 bits per heavy atom. The van der Waals surface area contributed by atoms with Crippen molar-refractivity contribution in [2.24, 2.45) is 0 Å². The monoisotopic (exact) mass is 313 g/mol. The van der Waals surface area contributed by atoms with E-state index in [1.54, 1.807) is 42.7 Å². The summed E-state index contributed by atoms with van der Waals surface area (Å²) in [6.45, 7) is 0.244. The lowest BCUT2D eigenvalue weighted by atomic mass is 10.1. The van der Waals surface area contributed by atoms with E-state index in [0.717, 1.165) is 5.56 Å². The normalized spacial score (nSPS) is 13.7. The molecule has 0 saturated carbocycles. The summed E-state index contributed by atoms with van der Waals surface area (Å²) in [5.74, 6) is 0.715. The van der Waals surface area contributed by atoms with Crippen LogP contribution in [-0.2, 0) is 0 Å². The first-order valence-electron chi connectivity index (χ1n) is 7.21. The lowest BCUT2D eigenvalue weighted by molar-refractivity contribution is 0.144. The summed E-state index contributed by atoms with van der Waals surface area (Å²) in [5.41, 5.74) is 0.809. The minimum Gasteiger partial charge on any atom is -0.467 e. The zero-order valence-electron chi connectivity index (χ0n) is 12.3. The second-order valence-corrected chi connectivity index (χ2v) is 5.03. The Labute approximate surface area is 132 Å². The van der Waals surface area contributed by atoms with Crippen molar-refractivity contribution in [3.8, 4) is 0 Å². The van der Waals surface area contributed by atoms with Gasteiger partial charge in [0.15, 0.2) is 0 Å². The Balaban J connectivity index is 1.79. The van der Waals surface area contributed by atoms with E-state index < -0.39 is 6.10 Å². The number of benzene rings is 1. The van der Waals surface area contributed by atoms with Crippen LogP contribution in [0.25, 0.3) is 0 Å². The quantitative estimate of drug-likeness (QED) is 0.732. The van der Waals surface area contributed by atoms with Crippen molar-refractivity contribution in [1.82, 2.24) is 15.3 Å². The number of nitrogens with zero attached hydrogens (tertiary/aromatic N) is 2. The number of aromatic nitrogens is 2. The molecule has 0 aliphatic rings. The number of nitrogens with one attached hydrogen (secondary N) is 1. The third-order valence-corrected chi connectivity index (χ3v) is 3.43. The molecule has 23 heavy (non-hydrogen) atoms. The molecule has 5 nitrogen and oxygen atoms in total. The highest BCUT2D eigenvalue weighted by atomic mass is 19.1. The fourth-order valence-corrected chi connectivity index (χ4v) is 2.28. The first kappa shape index (κ1) is 15.3. The van der Waals surface area contributed by atoms with Crippen LogP contribution >= 0.6 is 0 Å². The predicted molar refractivity (Wildman–Crippen MR) is 81.9 cm³/mol. The average molecular weight is 313 g/mol. The fraction of sp³-hybridized carbons (Fsp3) is 0.176. The van der Waals surface area contributed by atoms with Gasteiger partial charge in [-0.15, -0.1) is 0 Å². The van der Waals surface area contributed by atoms with Crippen LogP contribution in [0.15, 0.2) is 65.5 Å². The van der Waals surface area contributed by atoms with Crippen LogP contribution in [0.5, 0.6) is 0 Å². The van der Waals surface area contributed by atoms with Gasteiger partial charge in [0, 0.05) is 18.9 Å². The molecular weight excluding hydrogens is 297 g/mol. The summed E-state index contributed by atoms with van der Waals surface area (Å²) in [4.78, 5) is 8.49. The minimum absolute atomic E-state index is 0.244. The minimum atomic E-state index is -0.795. The van der Waals surface area contributed by atoms with E-state index >= 15 is 0 Å². The third-order valence-electron chi connectivity index (χ3n) is 3.43. The van der Waals surface area contributed by atoms with Crippen LogP contribution < -0.4 is 5.32 Å². The Hall–Kier alpha value is -2.57. The Bertz CT molecular complexity index is 717. The van der Waals surface area contributed by atoms with Crippen molar-refractivity contribution >= 4 is 0 Å². The lowest BCUT2D eigenvalue weighted by Crippen LogP contribution is -2.28. The molecule has 118 valence electrons. The Kier molecular flexibility index (Phi) is 4.75. The highest BCUT2D eigenvalue weighted by Crippen LogP contribution is 2.20. The standard InChI is InChI=1S/C17H16FN3O2/c18-13-6-4-12(5-7-13)16(17-19-8-2-9-20-17)21-11-14(22)15-3-1-10-23-15/h1-10,14,16,21-22H,11H2/t14-,16+/m0/s1. The molecule has 0 unspecified atom stereocenters. The molecule has 0 fully saturated rings. The summed E-state index contributed by atoms with van der Waals surface area (Å²) in [6.07, 6.45) is 4.00. The summed E-state index contributed by atoms with van der Waals surface area (Å²) in [6, 6.07) is 10.9. The lowest BCUT2D eigenvalue weighted by Gasteiger charge is -2.19. The number of rotatable bonds is 6. The number of aliphatic hydroxyl groups excluding tert-OH is 1. The molecule has 2 atom stereocenters. The van der Waals surface area contributed by atoms with E-state index in [1.165, 1.54) is 18.4 Å². The van der Waals surface area contributed by atoms with Crippen LogP contribution in [0.4, 0.5) is 4.39 Å². The molecule has 3 aromatic rings. The maximum atomic E-state index is 13.1. The van der Waals surface area contributed by atoms with Gasteiger partial charge in [0.2, 0.25) is 0 Å². The summed E-state index contributed by atoms with van der Waals surface area (Å²) >= 11 is 0. The van der Waals surface area contributed by atoms with Gasteiger partial charge in [0.05, 0.1) is 12.3 Å². The first-order chi connectivity index (χ1) is 11.2. The number of halogens is 1. The van der Waals surface area contributed by atoms with E-state index in [4.69, 9.17) is 4.42 Å². The number of aliphatic hydroxyl groups is 1. The highest BCUT2D eigenvalue weighted by molar-refractivity contribution is 5.25. The molecule has 0 amide bonds. The second kappa shape index (κ2) is 7.13. The molecule has 0 aliphatic carbocycles. The molecular formula is C17H16FN3O2. The van der Waals surface area contributed by atoms with E-state index in [0.29, 0.717) is 11.6 Å². The van der Waals surface area contributed by atoms with Gasteiger partial charge in [0.1, 0.15) is 23.5 Å². The maximum absolute atomic E-state index is 13.1. The van der Waals surface area contributed by atoms with Gasteiger partial charge in [-0.1, -0.05) is 12.1 Å². The molecule has 0 radical (unpaired) electrons. The molecule has 3 rings (SSSR count). The van der Waals surface area contributed by atoms with E-state index in [-0.39, 0.29) is 18.4 Å². The van der Waals surface area contributed by atoms with Crippen LogP contribution in [-0.4, -0.2) is 21.6 Å². The van der Waals surface area contributed by atoms with Crippen molar-refractivity contribution in [3.05, 3.63) is 84.1 Å². The van der Waals surface area contributed by atoms with Gasteiger partial charge in [-0.2, -0.15) is 0 Å². The number of furan rings is 1. The molecule has 0 aliphatic heterocycles. The molecule has 2 aromatic heterocycles. The molecule has 0 saturated heterocycles. The molecule has 0 spiro atoms. The zero-order valence-corrected chi connectivity index (χ0v) is 12.3. The summed E-state index contributed by atoms with van der Waals surface area (Å²) in [5, 5.41) is 13.3. The second-order valence-electron chi connectivity index (χ2n) is 5.03. The molecule has 0 bridgehead atoms. The Morgan fingerprint density at radius 2 is 1.83 bits per heavy atom. The van der Waals surface area contributed by atoms with Crippen LogP contribution in [0, 0.1) is 5.82 Å². The van der Waals surface area contributed by atoms with Crippen molar-refractivity contribution < 1.29 is 13.9 Å². The maximum Gasteiger partial charge on any atom is 0.149 e. The topological polar surface area (TPSA) is 71.2 Å². The van der Waals surface area contributed by atoms with Crippen molar-refractivity contribution in [3.63, 3.8) is 0 Å². The fourth-order valence-electron chi connectivity index (χ4n) is 2.28. The van der Waals surface area contributed by atoms with Crippen LogP contribution in [0.2, 0.25) is 0 Å². The third kappa shape index (κ3) is 3.80. The van der Waals surface area contributed by atoms with Crippen molar-refractivity contribution in [2.45, 2.75) is 12.1 Å². The highest BCUT2D eigenvalue weighted by Gasteiger charge is 2.19. The van der Waals surface area contributed by atoms with E-state index in [2.05, 4.69) is 15.3 Å². The predicted octanol–water partition coefficient (Wildman–Crippen LogP) is 2.62. The summed E-state index contributed by atoms with van der Waals surface area (Å²) in [7, 11) is 0. The van der Waals surface area contributed by atoms with Crippen molar-refractivity contribution in [1.29, 1.82) is 0 Å². The summed E-state index contributed by atoms with van der Waals surface area (Å²) < 4.78 is 18.3. The van der Waals surface area contributed by atoms with Crippen LogP contribution in [0.1, 0.15) is 29.3 Å². The number of hydrogen-bond acceptors (Lipinski definition) is 5. The molecule has 2 N–H and O–H groups in total. The SMILES string of the molecule is O[C@@H](CN[C@H](c1ccc(F)cc1)c1ncccn1)c1ccco1. The number of hydrogen-bond donors (Lipinski definition) is 2. The largest absolute Gasteiger partial charge is 0.467 e. The van der Waals surface area contributed by atoms with Gasteiger partial charge in [-0.25, -0.2) is 14.4 Å². The smallest absolute Gasteiger partial charge is 0.149 e. The van der Waals surface area contributed by atoms with Crippen LogP contribution in [0.3, 0.4) is 0 Å². The average Bonchev–Trinajstić information content (AvgIpc) is 3.12. The van der Waals surface area contributed by atoms with Gasteiger partial charge < -0.3 is 14.8 Å². The van der Waals surface area contributed by atoms with Gasteiger partial charge >= 0.3 is 0 Å². The Morgan fingerprint density at radius 3 is 2.48 bits per heavy atom. The van der Waals surface area contributed by atoms with Gasteiger partial charge in [0.25, 0.3) is 0 Å².